The molecular formula is C15H26N2O3. The Morgan fingerprint density at radius 1 is 1.40 bits per heavy atom. The van der Waals surface area contributed by atoms with E-state index in [-0.39, 0.29) is 5.97 Å². The number of rotatable bonds is 9. The Morgan fingerprint density at radius 2 is 2.10 bits per heavy atom. The van der Waals surface area contributed by atoms with E-state index in [1.807, 2.05) is 0 Å². The topological polar surface area (TPSA) is 54.7 Å². The lowest BCUT2D eigenvalue weighted by atomic mass is 10.2. The monoisotopic (exact) mass is 282 g/mol. The molecule has 0 fully saturated rings. The van der Waals surface area contributed by atoms with E-state index < -0.39 is 0 Å². The maximum Gasteiger partial charge on any atom is 0.341 e. The average Bonchev–Trinajstić information content (AvgIpc) is 2.83. The standard InChI is InChI=1S/C15H26N2O3/c1-5-17(6-2)9-7-8-16-11-13-10-14(12(3)20-13)15(18)19-4/h10,16H,5-9,11H2,1-4H3. The summed E-state index contributed by atoms with van der Waals surface area (Å²) in [4.78, 5) is 13.9. The fourth-order valence-electron chi connectivity index (χ4n) is 2.12. The predicted octanol–water partition coefficient (Wildman–Crippen LogP) is 2.20. The Balaban J connectivity index is 2.31. The van der Waals surface area contributed by atoms with Gasteiger partial charge in [-0.3, -0.25) is 0 Å². The molecule has 0 aliphatic carbocycles. The van der Waals surface area contributed by atoms with Crippen molar-refractivity contribution in [3.05, 3.63) is 23.2 Å². The number of ether oxygens (including phenoxy) is 1. The van der Waals surface area contributed by atoms with Crippen molar-refractivity contribution in [3.63, 3.8) is 0 Å². The summed E-state index contributed by atoms with van der Waals surface area (Å²) in [5.41, 5.74) is 0.507. The number of aryl methyl sites for hydroxylation is 1. The first kappa shape index (κ1) is 16.7. The van der Waals surface area contributed by atoms with Crippen molar-refractivity contribution >= 4 is 5.97 Å². The first-order chi connectivity index (χ1) is 9.62. The van der Waals surface area contributed by atoms with Crippen molar-refractivity contribution in [3.8, 4) is 0 Å². The van der Waals surface area contributed by atoms with Crippen LogP contribution in [0.5, 0.6) is 0 Å². The van der Waals surface area contributed by atoms with Gasteiger partial charge in [-0.05, 0) is 45.6 Å². The minimum atomic E-state index is -0.348. The minimum absolute atomic E-state index is 0.348. The maximum absolute atomic E-state index is 11.5. The van der Waals surface area contributed by atoms with Crippen LogP contribution in [-0.2, 0) is 11.3 Å². The van der Waals surface area contributed by atoms with Crippen LogP contribution in [0.4, 0.5) is 0 Å². The highest BCUT2D eigenvalue weighted by Gasteiger charge is 2.14. The Hall–Kier alpha value is -1.33. The zero-order chi connectivity index (χ0) is 15.0. The maximum atomic E-state index is 11.5. The van der Waals surface area contributed by atoms with Crippen molar-refractivity contribution in [2.75, 3.05) is 33.3 Å². The second-order valence-electron chi connectivity index (χ2n) is 4.73. The first-order valence-electron chi connectivity index (χ1n) is 7.23. The van der Waals surface area contributed by atoms with E-state index in [2.05, 4.69) is 24.1 Å². The van der Waals surface area contributed by atoms with E-state index in [1.165, 1.54) is 7.11 Å². The van der Waals surface area contributed by atoms with E-state index >= 15 is 0 Å². The number of nitrogens with one attached hydrogen (secondary N) is 1. The molecule has 1 aromatic heterocycles. The van der Waals surface area contributed by atoms with Gasteiger partial charge < -0.3 is 19.4 Å². The van der Waals surface area contributed by atoms with Gasteiger partial charge in [-0.25, -0.2) is 4.79 Å². The number of esters is 1. The third kappa shape index (κ3) is 4.98. The minimum Gasteiger partial charge on any atom is -0.465 e. The molecule has 5 heteroatoms. The summed E-state index contributed by atoms with van der Waals surface area (Å²) in [6.45, 7) is 11.0. The predicted molar refractivity (Wildman–Crippen MR) is 78.9 cm³/mol. The van der Waals surface area contributed by atoms with Crippen molar-refractivity contribution in [1.82, 2.24) is 10.2 Å². The summed E-state index contributed by atoms with van der Waals surface area (Å²) in [7, 11) is 1.37. The summed E-state index contributed by atoms with van der Waals surface area (Å²) in [6, 6.07) is 1.75. The van der Waals surface area contributed by atoms with Crippen molar-refractivity contribution in [1.29, 1.82) is 0 Å². The molecule has 0 aromatic carbocycles. The molecule has 0 aliphatic heterocycles. The zero-order valence-electron chi connectivity index (χ0n) is 13.0. The number of carbonyl (C=O) groups is 1. The molecule has 0 saturated carbocycles. The van der Waals surface area contributed by atoms with Crippen LogP contribution < -0.4 is 5.32 Å². The van der Waals surface area contributed by atoms with Crippen molar-refractivity contribution in [2.45, 2.75) is 33.7 Å². The fraction of sp³-hybridized carbons (Fsp3) is 0.667. The second-order valence-corrected chi connectivity index (χ2v) is 4.73. The summed E-state index contributed by atoms with van der Waals surface area (Å²) >= 11 is 0. The molecule has 5 nitrogen and oxygen atoms in total. The lowest BCUT2D eigenvalue weighted by Gasteiger charge is -2.17. The number of hydrogen-bond donors (Lipinski definition) is 1. The molecule has 0 unspecified atom stereocenters. The van der Waals surface area contributed by atoms with Crippen LogP contribution in [0.1, 0.15) is 42.1 Å². The average molecular weight is 282 g/mol. The highest BCUT2D eigenvalue weighted by molar-refractivity contribution is 5.90. The SMILES string of the molecule is CCN(CC)CCCNCc1cc(C(=O)OC)c(C)o1. The Morgan fingerprint density at radius 3 is 2.70 bits per heavy atom. The van der Waals surface area contributed by atoms with Gasteiger partial charge in [-0.15, -0.1) is 0 Å². The van der Waals surface area contributed by atoms with Crippen LogP contribution >= 0.6 is 0 Å². The molecule has 0 aliphatic rings. The van der Waals surface area contributed by atoms with Gasteiger partial charge in [0.2, 0.25) is 0 Å². The van der Waals surface area contributed by atoms with Gasteiger partial charge in [0.15, 0.2) is 0 Å². The third-order valence-corrected chi connectivity index (χ3v) is 3.40. The molecule has 0 spiro atoms. The van der Waals surface area contributed by atoms with Gasteiger partial charge in [-0.2, -0.15) is 0 Å². The van der Waals surface area contributed by atoms with E-state index in [9.17, 15) is 4.79 Å². The first-order valence-corrected chi connectivity index (χ1v) is 7.23. The molecule has 0 radical (unpaired) electrons. The number of methoxy groups -OCH3 is 1. The highest BCUT2D eigenvalue weighted by Crippen LogP contribution is 2.15. The third-order valence-electron chi connectivity index (χ3n) is 3.40. The molecule has 20 heavy (non-hydrogen) atoms. The van der Waals surface area contributed by atoms with E-state index in [1.54, 1.807) is 13.0 Å². The number of nitrogens with zero attached hydrogens (tertiary/aromatic N) is 1. The van der Waals surface area contributed by atoms with Gasteiger partial charge in [0.25, 0.3) is 0 Å². The lowest BCUT2D eigenvalue weighted by Crippen LogP contribution is -2.27. The van der Waals surface area contributed by atoms with Crippen LogP contribution in [0.2, 0.25) is 0 Å². The summed E-state index contributed by atoms with van der Waals surface area (Å²) in [6.07, 6.45) is 1.10. The molecule has 0 bridgehead atoms. The normalized spacial score (nSPS) is 11.1. The summed E-state index contributed by atoms with van der Waals surface area (Å²) in [5, 5.41) is 3.33. The Labute approximate surface area is 121 Å². The van der Waals surface area contributed by atoms with Gasteiger partial charge in [0.1, 0.15) is 17.1 Å². The molecule has 1 N–H and O–H groups in total. The molecule has 114 valence electrons. The summed E-state index contributed by atoms with van der Waals surface area (Å²) < 4.78 is 10.2. The fourth-order valence-corrected chi connectivity index (χ4v) is 2.12. The molecule has 0 atom stereocenters. The molecular weight excluding hydrogens is 256 g/mol. The van der Waals surface area contributed by atoms with Crippen LogP contribution in [0, 0.1) is 6.92 Å². The number of carbonyl (C=O) groups excluding carboxylic acids is 1. The van der Waals surface area contributed by atoms with Crippen LogP contribution in [0.15, 0.2) is 10.5 Å². The largest absolute Gasteiger partial charge is 0.465 e. The lowest BCUT2D eigenvalue weighted by molar-refractivity contribution is 0.0599. The molecule has 0 amide bonds. The highest BCUT2D eigenvalue weighted by atomic mass is 16.5. The van der Waals surface area contributed by atoms with Crippen LogP contribution in [-0.4, -0.2) is 44.2 Å². The van der Waals surface area contributed by atoms with Crippen molar-refractivity contribution < 1.29 is 13.9 Å². The van der Waals surface area contributed by atoms with E-state index in [4.69, 9.17) is 9.15 Å². The molecule has 1 aromatic rings. The number of furan rings is 1. The molecule has 1 heterocycles. The zero-order valence-corrected chi connectivity index (χ0v) is 13.0. The second kappa shape index (κ2) is 8.76. The van der Waals surface area contributed by atoms with E-state index in [0.29, 0.717) is 17.9 Å². The summed E-state index contributed by atoms with van der Waals surface area (Å²) in [5.74, 6) is 1.03. The van der Waals surface area contributed by atoms with Gasteiger partial charge in [0.05, 0.1) is 13.7 Å². The van der Waals surface area contributed by atoms with Gasteiger partial charge >= 0.3 is 5.97 Å². The van der Waals surface area contributed by atoms with Crippen molar-refractivity contribution in [2.24, 2.45) is 0 Å². The quantitative estimate of drug-likeness (QED) is 0.556. The Bertz CT molecular complexity index is 411. The van der Waals surface area contributed by atoms with Crippen LogP contribution in [0.3, 0.4) is 0 Å². The smallest absolute Gasteiger partial charge is 0.341 e. The van der Waals surface area contributed by atoms with Crippen LogP contribution in [0.25, 0.3) is 0 Å². The Kier molecular flexibility index (Phi) is 7.33. The molecule has 0 saturated heterocycles. The number of hydrogen-bond acceptors (Lipinski definition) is 5. The van der Waals surface area contributed by atoms with Gasteiger partial charge in [-0.1, -0.05) is 13.8 Å². The van der Waals surface area contributed by atoms with E-state index in [0.717, 1.165) is 38.4 Å². The van der Waals surface area contributed by atoms with Gasteiger partial charge in [0, 0.05) is 0 Å². The molecule has 1 rings (SSSR count).